The minimum atomic E-state index is -3.76. The highest BCUT2D eigenvalue weighted by Gasteiger charge is 2.42. The van der Waals surface area contributed by atoms with Gasteiger partial charge in [-0.2, -0.15) is 0 Å². The third-order valence-corrected chi connectivity index (χ3v) is 7.69. The number of pyridine rings is 1. The lowest BCUT2D eigenvalue weighted by molar-refractivity contribution is 0.582. The summed E-state index contributed by atoms with van der Waals surface area (Å²) >= 11 is 0. The summed E-state index contributed by atoms with van der Waals surface area (Å²) < 4.78 is 49.8. The Balaban J connectivity index is 2.21. The molecule has 1 atom stereocenters. The van der Waals surface area contributed by atoms with Gasteiger partial charge in [0.2, 0.25) is 0 Å². The van der Waals surface area contributed by atoms with E-state index in [2.05, 4.69) is 4.98 Å². The maximum absolute atomic E-state index is 12.7. The van der Waals surface area contributed by atoms with Crippen LogP contribution in [0, 0.1) is 6.92 Å². The highest BCUT2D eigenvalue weighted by atomic mass is 32.2. The zero-order valence-electron chi connectivity index (χ0n) is 11.2. The second-order valence-corrected chi connectivity index (χ2v) is 9.17. The van der Waals surface area contributed by atoms with Gasteiger partial charge < -0.3 is 0 Å². The molecule has 1 unspecified atom stereocenters. The van der Waals surface area contributed by atoms with E-state index in [0.29, 0.717) is 5.56 Å². The Morgan fingerprint density at radius 1 is 1.14 bits per heavy atom. The van der Waals surface area contributed by atoms with Crippen molar-refractivity contribution in [1.82, 2.24) is 4.98 Å². The molecule has 1 aromatic heterocycles. The van der Waals surface area contributed by atoms with E-state index < -0.39 is 30.7 Å². The van der Waals surface area contributed by atoms with Crippen LogP contribution in [0.5, 0.6) is 0 Å². The van der Waals surface area contributed by atoms with Crippen LogP contribution in [0.25, 0.3) is 0 Å². The van der Waals surface area contributed by atoms with Gasteiger partial charge in [0.05, 0.1) is 15.5 Å². The van der Waals surface area contributed by atoms with Crippen LogP contribution in [0.2, 0.25) is 0 Å². The van der Waals surface area contributed by atoms with Crippen LogP contribution in [0.4, 0.5) is 0 Å². The fourth-order valence-electron chi connectivity index (χ4n) is 2.53. The highest BCUT2D eigenvalue weighted by Crippen LogP contribution is 2.41. The number of benzene rings is 1. The summed E-state index contributed by atoms with van der Waals surface area (Å²) in [5.41, 5.74) is 1.20. The first-order valence-corrected chi connectivity index (χ1v) is 9.49. The topological polar surface area (TPSA) is 81.2 Å². The third-order valence-electron chi connectivity index (χ3n) is 3.57. The van der Waals surface area contributed by atoms with Crippen LogP contribution >= 0.6 is 0 Å². The molecule has 0 radical (unpaired) electrons. The van der Waals surface area contributed by atoms with Crippen molar-refractivity contribution in [3.63, 3.8) is 0 Å². The highest BCUT2D eigenvalue weighted by molar-refractivity contribution is 7.96. The third kappa shape index (κ3) is 2.26. The number of aromatic nitrogens is 1. The van der Waals surface area contributed by atoms with Crippen molar-refractivity contribution in [2.24, 2.45) is 0 Å². The molecule has 0 saturated carbocycles. The van der Waals surface area contributed by atoms with Crippen molar-refractivity contribution in [3.05, 3.63) is 53.9 Å². The molecule has 0 saturated heterocycles. The van der Waals surface area contributed by atoms with Crippen molar-refractivity contribution < 1.29 is 16.8 Å². The Morgan fingerprint density at radius 3 is 2.48 bits per heavy atom. The second kappa shape index (κ2) is 4.64. The Kier molecular flexibility index (Phi) is 3.14. The molecule has 3 rings (SSSR count). The van der Waals surface area contributed by atoms with Gasteiger partial charge in [0, 0.05) is 12.4 Å². The Hall–Kier alpha value is -1.73. The van der Waals surface area contributed by atoms with Gasteiger partial charge in [-0.25, -0.2) is 16.8 Å². The molecule has 0 bridgehead atoms. The monoisotopic (exact) mass is 323 g/mol. The van der Waals surface area contributed by atoms with Crippen molar-refractivity contribution in [2.75, 3.05) is 5.75 Å². The van der Waals surface area contributed by atoms with E-state index in [-0.39, 0.29) is 9.79 Å². The number of rotatable bonds is 2. The number of nitrogens with zero attached hydrogens (tertiary/aromatic N) is 1. The molecule has 0 aliphatic carbocycles. The standard InChI is InChI=1S/C14H13NO4S2/c1-10-2-3-13-12(8-10)14(9-20(13,16)17)21(18,19)11-4-6-15-7-5-11/h2-8,14H,9H2,1H3. The van der Waals surface area contributed by atoms with E-state index in [4.69, 9.17) is 0 Å². The van der Waals surface area contributed by atoms with Gasteiger partial charge in [0.15, 0.2) is 19.7 Å². The molecule has 7 heteroatoms. The van der Waals surface area contributed by atoms with Gasteiger partial charge in [-0.1, -0.05) is 17.7 Å². The summed E-state index contributed by atoms with van der Waals surface area (Å²) in [5.74, 6) is -0.406. The van der Waals surface area contributed by atoms with E-state index in [0.717, 1.165) is 5.56 Å². The molecule has 2 heterocycles. The lowest BCUT2D eigenvalue weighted by atomic mass is 10.1. The van der Waals surface area contributed by atoms with Crippen LogP contribution in [0.3, 0.4) is 0 Å². The number of aryl methyl sites for hydroxylation is 1. The van der Waals surface area contributed by atoms with Crippen LogP contribution in [-0.4, -0.2) is 27.6 Å². The molecule has 2 aromatic rings. The van der Waals surface area contributed by atoms with Crippen molar-refractivity contribution in [2.45, 2.75) is 22.0 Å². The maximum atomic E-state index is 12.7. The number of sulfone groups is 2. The SMILES string of the molecule is Cc1ccc2c(c1)C(S(=O)(=O)c1ccncc1)CS2(=O)=O. The summed E-state index contributed by atoms with van der Waals surface area (Å²) in [6.45, 7) is 1.81. The van der Waals surface area contributed by atoms with E-state index in [1.165, 1.54) is 30.6 Å². The van der Waals surface area contributed by atoms with Crippen molar-refractivity contribution in [3.8, 4) is 0 Å². The molecule has 110 valence electrons. The summed E-state index contributed by atoms with van der Waals surface area (Å²) in [4.78, 5) is 4.00. The summed E-state index contributed by atoms with van der Waals surface area (Å²) in [6.07, 6.45) is 2.76. The molecular formula is C14H13NO4S2. The summed E-state index contributed by atoms with van der Waals surface area (Å²) in [6, 6.07) is 7.58. The Bertz CT molecular complexity index is 903. The van der Waals surface area contributed by atoms with Gasteiger partial charge in [0.25, 0.3) is 0 Å². The van der Waals surface area contributed by atoms with E-state index >= 15 is 0 Å². The van der Waals surface area contributed by atoms with Crippen LogP contribution in [0.15, 0.2) is 52.5 Å². The summed E-state index contributed by atoms with van der Waals surface area (Å²) in [7, 11) is -7.32. The quantitative estimate of drug-likeness (QED) is 0.840. The number of hydrogen-bond acceptors (Lipinski definition) is 5. The largest absolute Gasteiger partial charge is 0.265 e. The predicted octanol–water partition coefficient (Wildman–Crippen LogP) is 1.69. The molecular weight excluding hydrogens is 310 g/mol. The second-order valence-electron chi connectivity index (χ2n) is 5.04. The number of hydrogen-bond donors (Lipinski definition) is 0. The normalized spacial score (nSPS) is 20.1. The van der Waals surface area contributed by atoms with Gasteiger partial charge >= 0.3 is 0 Å². The number of fused-ring (bicyclic) bond motifs is 1. The van der Waals surface area contributed by atoms with Crippen LogP contribution in [-0.2, 0) is 19.7 Å². The fraction of sp³-hybridized carbons (Fsp3) is 0.214. The van der Waals surface area contributed by atoms with E-state index in [9.17, 15) is 16.8 Å². The van der Waals surface area contributed by atoms with Crippen LogP contribution < -0.4 is 0 Å². The first kappa shape index (κ1) is 14.2. The lowest BCUT2D eigenvalue weighted by Gasteiger charge is -2.12. The van der Waals surface area contributed by atoms with Gasteiger partial charge in [-0.05, 0) is 30.7 Å². The maximum Gasteiger partial charge on any atom is 0.186 e. The van der Waals surface area contributed by atoms with E-state index in [1.54, 1.807) is 19.1 Å². The average molecular weight is 323 g/mol. The molecule has 0 N–H and O–H groups in total. The van der Waals surface area contributed by atoms with Gasteiger partial charge in [-0.15, -0.1) is 0 Å². The predicted molar refractivity (Wildman–Crippen MR) is 77.4 cm³/mol. The van der Waals surface area contributed by atoms with Crippen molar-refractivity contribution in [1.29, 1.82) is 0 Å². The lowest BCUT2D eigenvalue weighted by Crippen LogP contribution is -2.15. The molecule has 0 spiro atoms. The minimum absolute atomic E-state index is 0.0899. The molecule has 1 aliphatic rings. The molecule has 1 aliphatic heterocycles. The Morgan fingerprint density at radius 2 is 1.81 bits per heavy atom. The van der Waals surface area contributed by atoms with Crippen molar-refractivity contribution >= 4 is 19.7 Å². The summed E-state index contributed by atoms with van der Waals surface area (Å²) in [5, 5.41) is -1.06. The van der Waals surface area contributed by atoms with Gasteiger partial charge in [0.1, 0.15) is 5.25 Å². The molecule has 0 amide bonds. The smallest absolute Gasteiger partial charge is 0.186 e. The molecule has 21 heavy (non-hydrogen) atoms. The first-order chi connectivity index (χ1) is 9.82. The van der Waals surface area contributed by atoms with E-state index in [1.807, 2.05) is 0 Å². The Labute approximate surface area is 123 Å². The molecule has 5 nitrogen and oxygen atoms in total. The first-order valence-electron chi connectivity index (χ1n) is 6.29. The molecule has 1 aromatic carbocycles. The zero-order chi connectivity index (χ0) is 15.3. The minimum Gasteiger partial charge on any atom is -0.265 e. The molecule has 0 fully saturated rings. The fourth-order valence-corrected chi connectivity index (χ4v) is 6.81. The zero-order valence-corrected chi connectivity index (χ0v) is 12.9. The van der Waals surface area contributed by atoms with Gasteiger partial charge in [-0.3, -0.25) is 4.98 Å². The average Bonchev–Trinajstić information content (AvgIpc) is 2.71. The van der Waals surface area contributed by atoms with Crippen LogP contribution in [0.1, 0.15) is 16.4 Å².